The number of esters is 1. The van der Waals surface area contributed by atoms with Gasteiger partial charge in [0.2, 0.25) is 0 Å². The maximum atomic E-state index is 13.6. The second kappa shape index (κ2) is 7.66. The Morgan fingerprint density at radius 2 is 2.22 bits per heavy atom. The summed E-state index contributed by atoms with van der Waals surface area (Å²) in [6, 6.07) is 4.78. The van der Waals surface area contributed by atoms with E-state index in [4.69, 9.17) is 10.5 Å². The number of hydrogen-bond acceptors (Lipinski definition) is 4. The van der Waals surface area contributed by atoms with Gasteiger partial charge in [-0.15, -0.1) is 0 Å². The maximum absolute atomic E-state index is 13.6. The molecule has 0 amide bonds. The molecule has 0 aliphatic heterocycles. The molecular weight excluding hydrogens is 237 g/mol. The van der Waals surface area contributed by atoms with Crippen molar-refractivity contribution < 1.29 is 18.7 Å². The molecule has 0 spiro atoms. The van der Waals surface area contributed by atoms with Crippen LogP contribution in [0.3, 0.4) is 0 Å². The summed E-state index contributed by atoms with van der Waals surface area (Å²) >= 11 is 0. The first-order chi connectivity index (χ1) is 8.67. The fourth-order valence-corrected chi connectivity index (χ4v) is 1.48. The fraction of sp³-hybridized carbons (Fsp3) is 0.462. The van der Waals surface area contributed by atoms with Crippen LogP contribution in [0, 0.1) is 5.82 Å². The molecule has 0 aromatic heterocycles. The Labute approximate surface area is 106 Å². The van der Waals surface area contributed by atoms with E-state index in [0.29, 0.717) is 19.4 Å². The van der Waals surface area contributed by atoms with Crippen molar-refractivity contribution in [2.75, 3.05) is 20.3 Å². The minimum absolute atomic E-state index is 0.195. The second-order valence-corrected chi connectivity index (χ2v) is 3.83. The number of hydrogen-bond donors (Lipinski definition) is 1. The molecule has 1 aromatic carbocycles. The predicted molar refractivity (Wildman–Crippen MR) is 65.9 cm³/mol. The lowest BCUT2D eigenvalue weighted by Crippen LogP contribution is -2.06. The molecule has 0 atom stereocenters. The van der Waals surface area contributed by atoms with Gasteiger partial charge in [-0.1, -0.05) is 6.07 Å². The largest absolute Gasteiger partial charge is 0.491 e. The molecule has 0 unspecified atom stereocenters. The first-order valence-electron chi connectivity index (χ1n) is 5.85. The zero-order chi connectivity index (χ0) is 13.4. The zero-order valence-corrected chi connectivity index (χ0v) is 10.4. The monoisotopic (exact) mass is 255 g/mol. The van der Waals surface area contributed by atoms with E-state index >= 15 is 0 Å². The van der Waals surface area contributed by atoms with Gasteiger partial charge in [-0.3, -0.25) is 4.79 Å². The Balaban J connectivity index is 2.40. The topological polar surface area (TPSA) is 61.5 Å². The molecule has 0 heterocycles. The number of halogens is 1. The van der Waals surface area contributed by atoms with Crippen molar-refractivity contribution in [3.05, 3.63) is 29.6 Å². The molecule has 0 radical (unpaired) electrons. The third kappa shape index (κ3) is 4.71. The quantitative estimate of drug-likeness (QED) is 0.594. The van der Waals surface area contributed by atoms with Crippen LogP contribution in [0.25, 0.3) is 0 Å². The van der Waals surface area contributed by atoms with Gasteiger partial charge in [0, 0.05) is 6.42 Å². The third-order valence-electron chi connectivity index (χ3n) is 2.44. The lowest BCUT2D eigenvalue weighted by molar-refractivity contribution is -0.140. The van der Waals surface area contributed by atoms with Crippen molar-refractivity contribution in [3.63, 3.8) is 0 Å². The van der Waals surface area contributed by atoms with Crippen molar-refractivity contribution in [2.24, 2.45) is 5.73 Å². The molecule has 100 valence electrons. The number of benzene rings is 1. The average molecular weight is 255 g/mol. The molecule has 4 nitrogen and oxygen atoms in total. The van der Waals surface area contributed by atoms with Gasteiger partial charge in [0.15, 0.2) is 11.6 Å². The van der Waals surface area contributed by atoms with Crippen molar-refractivity contribution in [1.29, 1.82) is 0 Å². The molecule has 18 heavy (non-hydrogen) atoms. The summed E-state index contributed by atoms with van der Waals surface area (Å²) in [5.41, 5.74) is 6.24. The minimum Gasteiger partial charge on any atom is -0.491 e. The molecule has 0 aliphatic rings. The van der Waals surface area contributed by atoms with Crippen LogP contribution in [0.4, 0.5) is 4.39 Å². The highest BCUT2D eigenvalue weighted by atomic mass is 19.1. The highest BCUT2D eigenvalue weighted by molar-refractivity contribution is 5.69. The van der Waals surface area contributed by atoms with Crippen LogP contribution in [-0.2, 0) is 16.0 Å². The number of methoxy groups -OCH3 is 1. The summed E-state index contributed by atoms with van der Waals surface area (Å²) in [5, 5.41) is 0. The fourth-order valence-electron chi connectivity index (χ4n) is 1.48. The summed E-state index contributed by atoms with van der Waals surface area (Å²) in [6.07, 6.45) is 1.40. The molecule has 5 heteroatoms. The van der Waals surface area contributed by atoms with E-state index in [1.54, 1.807) is 12.1 Å². The Hall–Kier alpha value is -1.62. The summed E-state index contributed by atoms with van der Waals surface area (Å²) in [5.74, 6) is -0.503. The van der Waals surface area contributed by atoms with Gasteiger partial charge < -0.3 is 15.2 Å². The van der Waals surface area contributed by atoms with Gasteiger partial charge in [-0.2, -0.15) is 0 Å². The Morgan fingerprint density at radius 3 is 2.83 bits per heavy atom. The van der Waals surface area contributed by atoms with E-state index < -0.39 is 5.82 Å². The highest BCUT2D eigenvalue weighted by Gasteiger charge is 2.05. The molecule has 1 rings (SSSR count). The van der Waals surface area contributed by atoms with Crippen molar-refractivity contribution in [1.82, 2.24) is 0 Å². The van der Waals surface area contributed by atoms with Gasteiger partial charge in [-0.05, 0) is 37.1 Å². The van der Waals surface area contributed by atoms with E-state index in [9.17, 15) is 9.18 Å². The van der Waals surface area contributed by atoms with E-state index in [1.807, 2.05) is 0 Å². The van der Waals surface area contributed by atoms with Crippen LogP contribution in [-0.4, -0.2) is 26.2 Å². The Kier molecular flexibility index (Phi) is 6.14. The van der Waals surface area contributed by atoms with Gasteiger partial charge in [0.1, 0.15) is 0 Å². The Morgan fingerprint density at radius 1 is 1.44 bits per heavy atom. The molecule has 0 saturated heterocycles. The predicted octanol–water partition coefficient (Wildman–Crippen LogP) is 1.66. The smallest absolute Gasteiger partial charge is 0.305 e. The maximum Gasteiger partial charge on any atom is 0.305 e. The van der Waals surface area contributed by atoms with Crippen LogP contribution < -0.4 is 10.5 Å². The number of ether oxygens (including phenoxy) is 2. The van der Waals surface area contributed by atoms with Crippen molar-refractivity contribution >= 4 is 5.97 Å². The molecular formula is C13H18FNO3. The third-order valence-corrected chi connectivity index (χ3v) is 2.44. The molecule has 1 aromatic rings. The highest BCUT2D eigenvalue weighted by Crippen LogP contribution is 2.18. The van der Waals surface area contributed by atoms with E-state index in [2.05, 4.69) is 4.74 Å². The molecule has 0 aliphatic carbocycles. The van der Waals surface area contributed by atoms with Crippen LogP contribution in [0.1, 0.15) is 18.4 Å². The number of carbonyl (C=O) groups excluding carboxylic acids is 1. The van der Waals surface area contributed by atoms with Crippen LogP contribution in [0.2, 0.25) is 0 Å². The molecule has 0 fully saturated rings. The van der Waals surface area contributed by atoms with Gasteiger partial charge in [0.25, 0.3) is 0 Å². The normalized spacial score (nSPS) is 10.2. The number of rotatable bonds is 7. The first kappa shape index (κ1) is 14.4. The summed E-state index contributed by atoms with van der Waals surface area (Å²) < 4.78 is 23.3. The van der Waals surface area contributed by atoms with Crippen LogP contribution in [0.5, 0.6) is 5.75 Å². The average Bonchev–Trinajstić information content (AvgIpc) is 2.36. The zero-order valence-electron chi connectivity index (χ0n) is 10.4. The summed E-state index contributed by atoms with van der Waals surface area (Å²) in [7, 11) is 1.33. The second-order valence-electron chi connectivity index (χ2n) is 3.83. The lowest BCUT2D eigenvalue weighted by Gasteiger charge is -2.08. The minimum atomic E-state index is -0.404. The van der Waals surface area contributed by atoms with Crippen LogP contribution >= 0.6 is 0 Å². The molecule has 0 bridgehead atoms. The number of carbonyl (C=O) groups is 1. The Bertz CT molecular complexity index is 396. The van der Waals surface area contributed by atoms with Gasteiger partial charge in [-0.25, -0.2) is 4.39 Å². The van der Waals surface area contributed by atoms with Crippen LogP contribution in [0.15, 0.2) is 18.2 Å². The van der Waals surface area contributed by atoms with E-state index in [1.165, 1.54) is 13.2 Å². The lowest BCUT2D eigenvalue weighted by atomic mass is 10.1. The van der Waals surface area contributed by atoms with Gasteiger partial charge in [0.05, 0.1) is 13.7 Å². The van der Waals surface area contributed by atoms with Gasteiger partial charge >= 0.3 is 5.97 Å². The van der Waals surface area contributed by atoms with E-state index in [-0.39, 0.29) is 24.7 Å². The number of nitrogens with two attached hydrogens (primary N) is 1. The summed E-state index contributed by atoms with van der Waals surface area (Å²) in [4.78, 5) is 10.8. The molecule has 2 N–H and O–H groups in total. The molecule has 0 saturated carbocycles. The van der Waals surface area contributed by atoms with Crippen molar-refractivity contribution in [3.8, 4) is 5.75 Å². The SMILES string of the molecule is COC(=O)CCCOc1ccc(CCN)cc1F. The summed E-state index contributed by atoms with van der Waals surface area (Å²) in [6.45, 7) is 0.765. The van der Waals surface area contributed by atoms with Crippen molar-refractivity contribution in [2.45, 2.75) is 19.3 Å². The standard InChI is InChI=1S/C13H18FNO3/c1-17-13(16)3-2-8-18-12-5-4-10(6-7-15)9-11(12)14/h4-5,9H,2-3,6-8,15H2,1H3. The van der Waals surface area contributed by atoms with E-state index in [0.717, 1.165) is 5.56 Å². The first-order valence-corrected chi connectivity index (χ1v) is 5.85.